The molecule has 64 valence electrons. The van der Waals surface area contributed by atoms with Gasteiger partial charge in [-0.15, -0.1) is 0 Å². The van der Waals surface area contributed by atoms with E-state index < -0.39 is 0 Å². The lowest BCUT2D eigenvalue weighted by Crippen LogP contribution is -1.93. The number of rotatable bonds is 5. The lowest BCUT2D eigenvalue weighted by Gasteiger charge is -1.96. The van der Waals surface area contributed by atoms with Gasteiger partial charge in [0.25, 0.3) is 0 Å². The van der Waals surface area contributed by atoms with Crippen molar-refractivity contribution in [1.29, 1.82) is 5.41 Å². The van der Waals surface area contributed by atoms with Crippen LogP contribution in [-0.2, 0) is 0 Å². The third kappa shape index (κ3) is 2.64. The van der Waals surface area contributed by atoms with Crippen LogP contribution in [0.25, 0.3) is 0 Å². The summed E-state index contributed by atoms with van der Waals surface area (Å²) in [5, 5.41) is 7.42. The molecule has 0 heterocycles. The van der Waals surface area contributed by atoms with Crippen LogP contribution in [0.5, 0.6) is 0 Å². The van der Waals surface area contributed by atoms with Crippen LogP contribution < -0.4 is 0 Å². The van der Waals surface area contributed by atoms with E-state index in [1.807, 2.05) is 6.92 Å². The summed E-state index contributed by atoms with van der Waals surface area (Å²) < 4.78 is 0. The van der Waals surface area contributed by atoms with Gasteiger partial charge in [0.1, 0.15) is 0 Å². The zero-order valence-corrected chi connectivity index (χ0v) is 7.69. The highest BCUT2D eigenvalue weighted by molar-refractivity contribution is 5.83. The smallest absolute Gasteiger partial charge is 0.00919 e. The Bertz CT molecular complexity index is 140. The van der Waals surface area contributed by atoms with Gasteiger partial charge in [-0.1, -0.05) is 26.2 Å². The summed E-state index contributed by atoms with van der Waals surface area (Å²) in [7, 11) is 0. The molecule has 0 amide bonds. The largest absolute Gasteiger partial charge is 0.310 e. The fourth-order valence-electron chi connectivity index (χ4n) is 1.75. The predicted octanol–water partition coefficient (Wildman–Crippen LogP) is 3.24. The molecule has 0 radical (unpaired) electrons. The lowest BCUT2D eigenvalue weighted by atomic mass is 10.1. The monoisotopic (exact) mass is 153 g/mol. The van der Waals surface area contributed by atoms with Crippen molar-refractivity contribution in [1.82, 2.24) is 0 Å². The van der Waals surface area contributed by atoms with Gasteiger partial charge in [-0.25, -0.2) is 0 Å². The summed E-state index contributed by atoms with van der Waals surface area (Å²) >= 11 is 0. The van der Waals surface area contributed by atoms with Crippen LogP contribution in [0.3, 0.4) is 0 Å². The number of unbranched alkanes of at least 4 members (excludes halogenated alkanes) is 2. The number of nitrogens with one attached hydrogen (secondary N) is 1. The van der Waals surface area contributed by atoms with Crippen molar-refractivity contribution in [3.8, 4) is 0 Å². The van der Waals surface area contributed by atoms with E-state index in [2.05, 4.69) is 6.92 Å². The molecule has 1 heteroatoms. The molecule has 1 N–H and O–H groups in total. The van der Waals surface area contributed by atoms with Crippen molar-refractivity contribution in [2.75, 3.05) is 0 Å². The minimum atomic E-state index is 0.673. The minimum Gasteiger partial charge on any atom is -0.310 e. The molecule has 1 saturated carbocycles. The minimum absolute atomic E-state index is 0.673. The molecule has 1 aliphatic carbocycles. The van der Waals surface area contributed by atoms with Crippen molar-refractivity contribution in [2.24, 2.45) is 11.8 Å². The third-order valence-corrected chi connectivity index (χ3v) is 2.66. The first kappa shape index (κ1) is 8.76. The van der Waals surface area contributed by atoms with Gasteiger partial charge in [0.15, 0.2) is 0 Å². The molecular weight excluding hydrogens is 134 g/mol. The molecule has 1 nitrogen and oxygen atoms in total. The molecule has 0 spiro atoms. The quantitative estimate of drug-likeness (QED) is 0.463. The summed E-state index contributed by atoms with van der Waals surface area (Å²) in [6.45, 7) is 4.19. The summed E-state index contributed by atoms with van der Waals surface area (Å²) in [5.74, 6) is 1.56. The van der Waals surface area contributed by atoms with Gasteiger partial charge >= 0.3 is 0 Å². The molecule has 1 rings (SSSR count). The van der Waals surface area contributed by atoms with E-state index in [0.717, 1.165) is 11.6 Å². The molecule has 0 aromatic carbocycles. The van der Waals surface area contributed by atoms with Crippen LogP contribution in [0.15, 0.2) is 0 Å². The fourth-order valence-corrected chi connectivity index (χ4v) is 1.75. The summed E-state index contributed by atoms with van der Waals surface area (Å²) in [6, 6.07) is 0. The maximum absolute atomic E-state index is 7.42. The second-order valence-corrected chi connectivity index (χ2v) is 3.78. The molecule has 0 aromatic rings. The normalized spacial score (nSPS) is 28.5. The Labute approximate surface area is 69.7 Å². The fraction of sp³-hybridized carbons (Fsp3) is 0.900. The third-order valence-electron chi connectivity index (χ3n) is 2.66. The predicted molar refractivity (Wildman–Crippen MR) is 49.1 cm³/mol. The highest BCUT2D eigenvalue weighted by Crippen LogP contribution is 2.42. The topological polar surface area (TPSA) is 23.9 Å². The van der Waals surface area contributed by atoms with Crippen LogP contribution in [0.2, 0.25) is 0 Å². The number of hydrogen-bond acceptors (Lipinski definition) is 1. The Morgan fingerprint density at radius 3 is 2.64 bits per heavy atom. The van der Waals surface area contributed by atoms with Crippen LogP contribution in [-0.4, -0.2) is 5.71 Å². The van der Waals surface area contributed by atoms with Crippen molar-refractivity contribution in [3.63, 3.8) is 0 Å². The second-order valence-electron chi connectivity index (χ2n) is 3.78. The van der Waals surface area contributed by atoms with Gasteiger partial charge < -0.3 is 5.41 Å². The number of hydrogen-bond donors (Lipinski definition) is 1. The Kier molecular flexibility index (Phi) is 3.10. The van der Waals surface area contributed by atoms with Crippen LogP contribution in [0.4, 0.5) is 0 Å². The van der Waals surface area contributed by atoms with Crippen molar-refractivity contribution < 1.29 is 0 Å². The summed E-state index contributed by atoms with van der Waals surface area (Å²) in [4.78, 5) is 0. The molecule has 11 heavy (non-hydrogen) atoms. The van der Waals surface area contributed by atoms with E-state index in [-0.39, 0.29) is 0 Å². The molecule has 0 aromatic heterocycles. The first-order valence-electron chi connectivity index (χ1n) is 4.80. The zero-order chi connectivity index (χ0) is 8.27. The summed E-state index contributed by atoms with van der Waals surface area (Å²) in [6.07, 6.45) is 6.75. The van der Waals surface area contributed by atoms with Gasteiger partial charge in [-0.2, -0.15) is 0 Å². The van der Waals surface area contributed by atoms with Gasteiger partial charge in [0.2, 0.25) is 0 Å². The van der Waals surface area contributed by atoms with Gasteiger partial charge in [-0.3, -0.25) is 0 Å². The summed E-state index contributed by atoms with van der Waals surface area (Å²) in [5.41, 5.74) is 0.909. The Morgan fingerprint density at radius 1 is 1.45 bits per heavy atom. The zero-order valence-electron chi connectivity index (χ0n) is 7.69. The first-order valence-corrected chi connectivity index (χ1v) is 4.80. The van der Waals surface area contributed by atoms with Crippen LogP contribution in [0, 0.1) is 17.2 Å². The van der Waals surface area contributed by atoms with E-state index in [0.29, 0.717) is 5.92 Å². The Morgan fingerprint density at radius 2 is 2.18 bits per heavy atom. The maximum atomic E-state index is 7.42. The molecule has 0 aliphatic heterocycles. The van der Waals surface area contributed by atoms with Crippen LogP contribution in [0.1, 0.15) is 46.0 Å². The van der Waals surface area contributed by atoms with Crippen LogP contribution >= 0.6 is 0 Å². The van der Waals surface area contributed by atoms with E-state index >= 15 is 0 Å². The first-order chi connectivity index (χ1) is 5.25. The SMILES string of the molecule is CCCCCC1CC1C(C)=N. The Hall–Kier alpha value is -0.330. The highest BCUT2D eigenvalue weighted by Gasteiger charge is 2.37. The molecule has 2 unspecified atom stereocenters. The second kappa shape index (κ2) is 3.89. The molecular formula is C10H19N. The average molecular weight is 153 g/mol. The highest BCUT2D eigenvalue weighted by atomic mass is 14.5. The maximum Gasteiger partial charge on any atom is 0.00919 e. The van der Waals surface area contributed by atoms with Gasteiger partial charge in [0.05, 0.1) is 0 Å². The van der Waals surface area contributed by atoms with E-state index in [9.17, 15) is 0 Å². The molecule has 0 saturated heterocycles. The molecule has 1 aliphatic rings. The Balaban J connectivity index is 2.00. The molecule has 1 fully saturated rings. The van der Waals surface area contributed by atoms with E-state index in [1.54, 1.807) is 0 Å². The standard InChI is InChI=1S/C10H19N/c1-3-4-5-6-9-7-10(9)8(2)11/h9-11H,3-7H2,1-2H3. The average Bonchev–Trinajstić information content (AvgIpc) is 2.68. The van der Waals surface area contributed by atoms with E-state index in [1.165, 1.54) is 32.1 Å². The van der Waals surface area contributed by atoms with Gasteiger partial charge in [-0.05, 0) is 31.6 Å². The molecule has 0 bridgehead atoms. The van der Waals surface area contributed by atoms with Crippen molar-refractivity contribution in [2.45, 2.75) is 46.0 Å². The van der Waals surface area contributed by atoms with Crippen molar-refractivity contribution >= 4 is 5.71 Å². The van der Waals surface area contributed by atoms with Gasteiger partial charge in [0, 0.05) is 5.71 Å². The van der Waals surface area contributed by atoms with Crippen molar-refractivity contribution in [3.05, 3.63) is 0 Å². The van der Waals surface area contributed by atoms with E-state index in [4.69, 9.17) is 5.41 Å². The molecule has 2 atom stereocenters. The lowest BCUT2D eigenvalue weighted by molar-refractivity contribution is 0.609.